The lowest BCUT2D eigenvalue weighted by Gasteiger charge is -2.08. The van der Waals surface area contributed by atoms with Crippen LogP contribution in [0.2, 0.25) is 0 Å². The number of allylic oxidation sites excluding steroid dienone is 1. The first-order chi connectivity index (χ1) is 10.6. The molecule has 112 valence electrons. The van der Waals surface area contributed by atoms with E-state index in [4.69, 9.17) is 9.47 Å². The quantitative estimate of drug-likeness (QED) is 0.476. The van der Waals surface area contributed by atoms with E-state index in [2.05, 4.69) is 6.07 Å². The minimum Gasteiger partial charge on any atom is -0.493 e. The molecule has 0 N–H and O–H groups in total. The standard InChI is InChI=1S/C15H12N2O4S/c1-20-13-5-3-10(8-14(13)21-2)11(9-16)7-12-4-6-15(22-12)17(18)19/h3-8H,1-2H3. The van der Waals surface area contributed by atoms with Gasteiger partial charge in [-0.15, -0.1) is 0 Å². The molecule has 0 aliphatic heterocycles. The zero-order chi connectivity index (χ0) is 16.1. The number of methoxy groups -OCH3 is 2. The number of ether oxygens (including phenoxy) is 2. The topological polar surface area (TPSA) is 85.4 Å². The van der Waals surface area contributed by atoms with Gasteiger partial charge in [0.2, 0.25) is 0 Å². The zero-order valence-corrected chi connectivity index (χ0v) is 12.7. The van der Waals surface area contributed by atoms with Crippen LogP contribution in [0.15, 0.2) is 30.3 Å². The molecule has 2 aromatic rings. The summed E-state index contributed by atoms with van der Waals surface area (Å²) in [5.41, 5.74) is 1.04. The fourth-order valence-electron chi connectivity index (χ4n) is 1.84. The monoisotopic (exact) mass is 316 g/mol. The lowest BCUT2D eigenvalue weighted by Crippen LogP contribution is -1.92. The van der Waals surface area contributed by atoms with Crippen molar-refractivity contribution in [3.05, 3.63) is 50.9 Å². The molecule has 0 aliphatic carbocycles. The number of nitrogens with zero attached hydrogens (tertiary/aromatic N) is 2. The third-order valence-corrected chi connectivity index (χ3v) is 3.88. The fraction of sp³-hybridized carbons (Fsp3) is 0.133. The SMILES string of the molecule is COc1ccc(C(C#N)=Cc2ccc([N+](=O)[O-])s2)cc1OC. The van der Waals surface area contributed by atoms with Crippen molar-refractivity contribution in [3.63, 3.8) is 0 Å². The average molecular weight is 316 g/mol. The highest BCUT2D eigenvalue weighted by atomic mass is 32.1. The largest absolute Gasteiger partial charge is 0.493 e. The molecule has 0 bridgehead atoms. The van der Waals surface area contributed by atoms with Crippen molar-refractivity contribution in [2.24, 2.45) is 0 Å². The average Bonchev–Trinajstić information content (AvgIpc) is 3.00. The summed E-state index contributed by atoms with van der Waals surface area (Å²) in [5.74, 6) is 1.08. The van der Waals surface area contributed by atoms with Crippen molar-refractivity contribution in [2.75, 3.05) is 14.2 Å². The van der Waals surface area contributed by atoms with Gasteiger partial charge < -0.3 is 9.47 Å². The smallest absolute Gasteiger partial charge is 0.324 e. The lowest BCUT2D eigenvalue weighted by molar-refractivity contribution is -0.380. The number of nitro groups is 1. The third kappa shape index (κ3) is 3.24. The minimum absolute atomic E-state index is 0.0378. The van der Waals surface area contributed by atoms with E-state index in [9.17, 15) is 15.4 Å². The number of rotatable bonds is 5. The third-order valence-electron chi connectivity index (χ3n) is 2.89. The van der Waals surface area contributed by atoms with Gasteiger partial charge in [-0.05, 0) is 35.9 Å². The van der Waals surface area contributed by atoms with Crippen molar-refractivity contribution in [2.45, 2.75) is 0 Å². The molecular weight excluding hydrogens is 304 g/mol. The molecule has 0 unspecified atom stereocenters. The summed E-state index contributed by atoms with van der Waals surface area (Å²) in [6, 6.07) is 10.3. The molecule has 0 saturated carbocycles. The maximum absolute atomic E-state index is 10.7. The van der Waals surface area contributed by atoms with Crippen molar-refractivity contribution in [1.82, 2.24) is 0 Å². The van der Waals surface area contributed by atoms with Crippen LogP contribution in [0, 0.1) is 21.4 Å². The van der Waals surface area contributed by atoms with Crippen LogP contribution in [0.3, 0.4) is 0 Å². The van der Waals surface area contributed by atoms with Gasteiger partial charge in [-0.1, -0.05) is 11.3 Å². The second-order valence-corrected chi connectivity index (χ2v) is 5.27. The molecule has 0 spiro atoms. The highest BCUT2D eigenvalue weighted by molar-refractivity contribution is 7.16. The molecule has 1 aromatic heterocycles. The number of hydrogen-bond acceptors (Lipinski definition) is 6. The van der Waals surface area contributed by atoms with Crippen molar-refractivity contribution < 1.29 is 14.4 Å². The van der Waals surface area contributed by atoms with Crippen LogP contribution in [0.25, 0.3) is 11.6 Å². The summed E-state index contributed by atoms with van der Waals surface area (Å²) in [6.07, 6.45) is 1.61. The normalized spacial score (nSPS) is 10.9. The van der Waals surface area contributed by atoms with Gasteiger partial charge in [-0.25, -0.2) is 0 Å². The Kier molecular flexibility index (Phi) is 4.76. The second-order valence-electron chi connectivity index (χ2n) is 4.17. The van der Waals surface area contributed by atoms with Crippen LogP contribution < -0.4 is 9.47 Å². The van der Waals surface area contributed by atoms with Crippen LogP contribution in [-0.2, 0) is 0 Å². The molecule has 7 heteroatoms. The van der Waals surface area contributed by atoms with E-state index in [-0.39, 0.29) is 5.00 Å². The number of hydrogen-bond donors (Lipinski definition) is 0. The Balaban J connectivity index is 2.41. The van der Waals surface area contributed by atoms with Crippen molar-refractivity contribution in [3.8, 4) is 17.6 Å². The van der Waals surface area contributed by atoms with Crippen molar-refractivity contribution >= 4 is 28.0 Å². The van der Waals surface area contributed by atoms with Crippen molar-refractivity contribution in [1.29, 1.82) is 5.26 Å². The Morgan fingerprint density at radius 1 is 1.27 bits per heavy atom. The minimum atomic E-state index is -0.454. The van der Waals surface area contributed by atoms with Gasteiger partial charge >= 0.3 is 5.00 Å². The molecule has 0 radical (unpaired) electrons. The summed E-state index contributed by atoms with van der Waals surface area (Å²) in [4.78, 5) is 10.9. The Bertz CT molecular complexity index is 774. The van der Waals surface area contributed by atoms with Gasteiger partial charge in [0.1, 0.15) is 0 Å². The fourth-order valence-corrected chi connectivity index (χ4v) is 2.61. The molecular formula is C15H12N2O4S. The molecule has 0 aliphatic rings. The van der Waals surface area contributed by atoms with Gasteiger partial charge in [0, 0.05) is 10.9 Å². The Labute approximate surface area is 131 Å². The summed E-state index contributed by atoms with van der Waals surface area (Å²) in [6.45, 7) is 0. The predicted octanol–water partition coefficient (Wildman–Crippen LogP) is 3.74. The maximum Gasteiger partial charge on any atom is 0.324 e. The van der Waals surface area contributed by atoms with E-state index in [0.717, 1.165) is 11.3 Å². The first kappa shape index (κ1) is 15.5. The van der Waals surface area contributed by atoms with Gasteiger partial charge in [-0.2, -0.15) is 5.26 Å². The van der Waals surface area contributed by atoms with Gasteiger partial charge in [0.15, 0.2) is 11.5 Å². The first-order valence-electron chi connectivity index (χ1n) is 6.17. The maximum atomic E-state index is 10.7. The molecule has 2 rings (SSSR count). The molecule has 0 saturated heterocycles. The lowest BCUT2D eigenvalue weighted by atomic mass is 10.1. The Morgan fingerprint density at radius 2 is 2.00 bits per heavy atom. The predicted molar refractivity (Wildman–Crippen MR) is 84.0 cm³/mol. The van der Waals surface area contributed by atoms with E-state index in [0.29, 0.717) is 27.5 Å². The number of benzene rings is 1. The Hall–Kier alpha value is -2.85. The summed E-state index contributed by atoms with van der Waals surface area (Å²) >= 11 is 1.01. The van der Waals surface area contributed by atoms with Crippen LogP contribution in [-0.4, -0.2) is 19.1 Å². The molecule has 6 nitrogen and oxygen atoms in total. The second kappa shape index (κ2) is 6.74. The van der Waals surface area contributed by atoms with Crippen LogP contribution in [0.1, 0.15) is 10.4 Å². The molecule has 0 atom stereocenters. The summed E-state index contributed by atoms with van der Waals surface area (Å²) in [5, 5.41) is 20.1. The first-order valence-corrected chi connectivity index (χ1v) is 6.99. The van der Waals surface area contributed by atoms with Crippen LogP contribution in [0.4, 0.5) is 5.00 Å². The highest BCUT2D eigenvalue weighted by Crippen LogP contribution is 2.32. The van der Waals surface area contributed by atoms with Gasteiger partial charge in [-0.3, -0.25) is 10.1 Å². The molecule has 22 heavy (non-hydrogen) atoms. The van der Waals surface area contributed by atoms with Gasteiger partial charge in [0.25, 0.3) is 0 Å². The van der Waals surface area contributed by atoms with E-state index < -0.39 is 4.92 Å². The van der Waals surface area contributed by atoms with E-state index >= 15 is 0 Å². The van der Waals surface area contributed by atoms with Crippen LogP contribution in [0.5, 0.6) is 11.5 Å². The molecule has 0 fully saturated rings. The molecule has 1 aromatic carbocycles. The number of nitriles is 1. The highest BCUT2D eigenvalue weighted by Gasteiger charge is 2.11. The van der Waals surface area contributed by atoms with E-state index in [1.54, 1.807) is 30.3 Å². The van der Waals surface area contributed by atoms with E-state index in [1.165, 1.54) is 20.3 Å². The molecule has 0 amide bonds. The summed E-state index contributed by atoms with van der Waals surface area (Å²) in [7, 11) is 3.05. The molecule has 1 heterocycles. The van der Waals surface area contributed by atoms with Crippen LogP contribution >= 0.6 is 11.3 Å². The number of thiophene rings is 1. The van der Waals surface area contributed by atoms with E-state index in [1.807, 2.05) is 0 Å². The Morgan fingerprint density at radius 3 is 2.55 bits per heavy atom. The summed E-state index contributed by atoms with van der Waals surface area (Å²) < 4.78 is 10.4. The van der Waals surface area contributed by atoms with Gasteiger partial charge in [0.05, 0.1) is 30.8 Å². The zero-order valence-electron chi connectivity index (χ0n) is 11.9.